The van der Waals surface area contributed by atoms with Gasteiger partial charge in [0.05, 0.1) is 17.1 Å². The maximum Gasteiger partial charge on any atom is 0.249 e. The highest BCUT2D eigenvalue weighted by Crippen LogP contribution is 2.20. The molecule has 2 aromatic rings. The maximum atomic E-state index is 12.7. The highest BCUT2D eigenvalue weighted by atomic mass is 16.1. The van der Waals surface area contributed by atoms with Gasteiger partial charge >= 0.3 is 0 Å². The lowest BCUT2D eigenvalue weighted by molar-refractivity contribution is -0.117. The number of carbonyl (C=O) groups excluding carboxylic acids is 1. The van der Waals surface area contributed by atoms with Crippen LogP contribution in [0.4, 0.5) is 0 Å². The summed E-state index contributed by atoms with van der Waals surface area (Å²) in [7, 11) is 1.81. The number of allylic oxidation sites excluding steroid dienone is 1. The lowest BCUT2D eigenvalue weighted by Crippen LogP contribution is -2.29. The molecule has 0 atom stereocenters. The third-order valence-electron chi connectivity index (χ3n) is 6.04. The molecule has 174 valence electrons. The first kappa shape index (κ1) is 24.5. The van der Waals surface area contributed by atoms with Crippen LogP contribution in [0.25, 0.3) is 5.70 Å². The summed E-state index contributed by atoms with van der Waals surface area (Å²) in [5.74, 6) is -0.119. The normalized spacial score (nSPS) is 15.5. The largest absolute Gasteiger partial charge is 0.386 e. The minimum absolute atomic E-state index is 0.119. The molecule has 1 aliphatic rings. The van der Waals surface area contributed by atoms with Crippen molar-refractivity contribution in [2.24, 2.45) is 4.99 Å². The summed E-state index contributed by atoms with van der Waals surface area (Å²) >= 11 is 0. The van der Waals surface area contributed by atoms with Gasteiger partial charge in [-0.15, -0.1) is 0 Å². The number of amides is 1. The van der Waals surface area contributed by atoms with Gasteiger partial charge in [-0.3, -0.25) is 14.7 Å². The van der Waals surface area contributed by atoms with Crippen molar-refractivity contribution in [1.82, 2.24) is 15.5 Å². The Kier molecular flexibility index (Phi) is 9.02. The first-order valence-corrected chi connectivity index (χ1v) is 11.7. The molecule has 1 fully saturated rings. The summed E-state index contributed by atoms with van der Waals surface area (Å²) in [4.78, 5) is 20.0. The third-order valence-corrected chi connectivity index (χ3v) is 6.04. The molecule has 5 heteroatoms. The summed E-state index contributed by atoms with van der Waals surface area (Å²) < 4.78 is 0. The molecule has 0 bridgehead atoms. The summed E-state index contributed by atoms with van der Waals surface area (Å²) in [6.45, 7) is 11.7. The second-order valence-electron chi connectivity index (χ2n) is 8.60. The first-order valence-electron chi connectivity index (χ1n) is 11.7. The number of piperidine rings is 1. The molecule has 2 aromatic carbocycles. The number of nitrogens with zero attached hydrogens (tertiary/aromatic N) is 2. The van der Waals surface area contributed by atoms with Gasteiger partial charge in [-0.25, -0.2) is 0 Å². The predicted octanol–water partition coefficient (Wildman–Crippen LogP) is 4.91. The Morgan fingerprint density at radius 3 is 2.39 bits per heavy atom. The molecule has 0 aromatic heterocycles. The fraction of sp³-hybridized carbons (Fsp3) is 0.357. The van der Waals surface area contributed by atoms with E-state index < -0.39 is 0 Å². The standard InChI is InChI=1S/C28H36N4O/c1-21(28(33)30-19-24-12-7-5-8-13-24)27(29-4)23(3)31-22(2)26-15-11-14-25(18-26)20-32-16-9-6-10-17-32/h5,7-8,11-15,18,29H,2,6,9-10,16-17,19-20H2,1,3-4H3,(H,30,33)/b27-21-,31-23?. The van der Waals surface area contributed by atoms with E-state index in [-0.39, 0.29) is 5.91 Å². The quantitative estimate of drug-likeness (QED) is 0.427. The molecule has 1 saturated heterocycles. The first-order chi connectivity index (χ1) is 16.0. The number of carbonyl (C=O) groups is 1. The van der Waals surface area contributed by atoms with E-state index in [1.165, 1.54) is 37.9 Å². The van der Waals surface area contributed by atoms with Gasteiger partial charge in [0.25, 0.3) is 0 Å². The zero-order chi connectivity index (χ0) is 23.6. The van der Waals surface area contributed by atoms with E-state index in [1.807, 2.05) is 57.3 Å². The van der Waals surface area contributed by atoms with Crippen LogP contribution in [-0.4, -0.2) is 36.7 Å². The van der Waals surface area contributed by atoms with Gasteiger partial charge in [-0.1, -0.05) is 61.5 Å². The van der Waals surface area contributed by atoms with Gasteiger partial charge in [0, 0.05) is 25.7 Å². The Morgan fingerprint density at radius 2 is 1.70 bits per heavy atom. The van der Waals surface area contributed by atoms with Crippen LogP contribution in [0.3, 0.4) is 0 Å². The van der Waals surface area contributed by atoms with Crippen LogP contribution >= 0.6 is 0 Å². The van der Waals surface area contributed by atoms with E-state index in [0.717, 1.165) is 23.4 Å². The summed E-state index contributed by atoms with van der Waals surface area (Å²) in [6.07, 6.45) is 3.91. The van der Waals surface area contributed by atoms with Crippen molar-refractivity contribution in [2.45, 2.75) is 46.2 Å². The molecule has 2 N–H and O–H groups in total. The minimum atomic E-state index is -0.119. The van der Waals surface area contributed by atoms with Crippen molar-refractivity contribution in [3.8, 4) is 0 Å². The predicted molar refractivity (Wildman–Crippen MR) is 138 cm³/mol. The van der Waals surface area contributed by atoms with E-state index in [4.69, 9.17) is 4.99 Å². The van der Waals surface area contributed by atoms with Crippen LogP contribution in [0.5, 0.6) is 0 Å². The Balaban J connectivity index is 1.69. The van der Waals surface area contributed by atoms with Gasteiger partial charge in [-0.05, 0) is 62.5 Å². The number of hydrogen-bond acceptors (Lipinski definition) is 4. The maximum absolute atomic E-state index is 12.7. The fourth-order valence-electron chi connectivity index (χ4n) is 4.21. The molecule has 0 unspecified atom stereocenters. The number of nitrogens with one attached hydrogen (secondary N) is 2. The van der Waals surface area contributed by atoms with Crippen LogP contribution in [0.1, 0.15) is 49.8 Å². The zero-order valence-electron chi connectivity index (χ0n) is 20.2. The molecule has 0 aliphatic carbocycles. The van der Waals surface area contributed by atoms with Crippen molar-refractivity contribution in [3.63, 3.8) is 0 Å². The Morgan fingerprint density at radius 1 is 1.00 bits per heavy atom. The molecule has 0 spiro atoms. The molecule has 1 aliphatic heterocycles. The van der Waals surface area contributed by atoms with Crippen molar-refractivity contribution in [2.75, 3.05) is 20.1 Å². The van der Waals surface area contributed by atoms with E-state index in [1.54, 1.807) is 0 Å². The number of rotatable bonds is 9. The Labute approximate surface area is 198 Å². The van der Waals surface area contributed by atoms with Gasteiger partial charge in [0.15, 0.2) is 0 Å². The summed E-state index contributed by atoms with van der Waals surface area (Å²) in [5.41, 5.74) is 6.09. The number of likely N-dealkylation sites (tertiary alicyclic amines) is 1. The molecule has 0 saturated carbocycles. The van der Waals surface area contributed by atoms with Crippen LogP contribution in [0, 0.1) is 0 Å². The molecule has 1 heterocycles. The highest BCUT2D eigenvalue weighted by Gasteiger charge is 2.14. The Hall–Kier alpha value is -3.18. The SMILES string of the molecule is C=C(N=C(C)/C(NC)=C(\C)C(=O)NCc1ccccc1)c1cccc(CN2CCCCC2)c1. The highest BCUT2D eigenvalue weighted by molar-refractivity contribution is 6.07. The third kappa shape index (κ3) is 7.16. The van der Waals surface area contributed by atoms with Crippen molar-refractivity contribution in [1.29, 1.82) is 0 Å². The van der Waals surface area contributed by atoms with Crippen molar-refractivity contribution in [3.05, 3.63) is 89.1 Å². The van der Waals surface area contributed by atoms with E-state index >= 15 is 0 Å². The molecule has 33 heavy (non-hydrogen) atoms. The van der Waals surface area contributed by atoms with E-state index in [9.17, 15) is 4.79 Å². The van der Waals surface area contributed by atoms with Crippen LogP contribution in [-0.2, 0) is 17.9 Å². The summed E-state index contributed by atoms with van der Waals surface area (Å²) in [5, 5.41) is 6.12. The summed E-state index contributed by atoms with van der Waals surface area (Å²) in [6, 6.07) is 18.3. The second kappa shape index (κ2) is 12.2. The molecular formula is C28H36N4O. The number of aliphatic imine (C=N–C) groups is 1. The molecule has 0 radical (unpaired) electrons. The number of hydrogen-bond donors (Lipinski definition) is 2. The lowest BCUT2D eigenvalue weighted by Gasteiger charge is -2.26. The molecular weight excluding hydrogens is 408 g/mol. The Bertz CT molecular complexity index is 1020. The molecule has 3 rings (SSSR count). The van der Waals surface area contributed by atoms with Gasteiger partial charge in [0.1, 0.15) is 0 Å². The fourth-order valence-corrected chi connectivity index (χ4v) is 4.21. The lowest BCUT2D eigenvalue weighted by atomic mass is 10.1. The molecule has 1 amide bonds. The van der Waals surface area contributed by atoms with Gasteiger partial charge in [-0.2, -0.15) is 0 Å². The van der Waals surface area contributed by atoms with Gasteiger partial charge in [0.2, 0.25) is 5.91 Å². The van der Waals surface area contributed by atoms with E-state index in [2.05, 4.69) is 40.3 Å². The average molecular weight is 445 g/mol. The zero-order valence-corrected chi connectivity index (χ0v) is 20.2. The topological polar surface area (TPSA) is 56.7 Å². The van der Waals surface area contributed by atoms with Crippen LogP contribution in [0.15, 0.2) is 77.4 Å². The molecule has 5 nitrogen and oxygen atoms in total. The van der Waals surface area contributed by atoms with Gasteiger partial charge < -0.3 is 10.6 Å². The van der Waals surface area contributed by atoms with Crippen molar-refractivity contribution < 1.29 is 4.79 Å². The second-order valence-corrected chi connectivity index (χ2v) is 8.60. The monoisotopic (exact) mass is 444 g/mol. The smallest absolute Gasteiger partial charge is 0.249 e. The van der Waals surface area contributed by atoms with Crippen LogP contribution in [0.2, 0.25) is 0 Å². The van der Waals surface area contributed by atoms with Crippen molar-refractivity contribution >= 4 is 17.3 Å². The average Bonchev–Trinajstić information content (AvgIpc) is 2.84. The number of benzene rings is 2. The van der Waals surface area contributed by atoms with E-state index in [0.29, 0.717) is 23.5 Å². The minimum Gasteiger partial charge on any atom is -0.386 e. The van der Waals surface area contributed by atoms with Crippen LogP contribution < -0.4 is 10.6 Å².